The van der Waals surface area contributed by atoms with Crippen LogP contribution in [0.1, 0.15) is 77.7 Å². The van der Waals surface area contributed by atoms with Gasteiger partial charge in [0.05, 0.1) is 6.04 Å². The molecular weight excluding hydrogens is 346 g/mol. The van der Waals surface area contributed by atoms with Crippen molar-refractivity contribution in [3.63, 3.8) is 0 Å². The van der Waals surface area contributed by atoms with Crippen molar-refractivity contribution in [3.05, 3.63) is 71.8 Å². The maximum atomic E-state index is 11.7. The summed E-state index contributed by atoms with van der Waals surface area (Å²) in [6, 6.07) is 20.9. The molecule has 0 aliphatic carbocycles. The van der Waals surface area contributed by atoms with Crippen molar-refractivity contribution in [3.8, 4) is 0 Å². The summed E-state index contributed by atoms with van der Waals surface area (Å²) in [7, 11) is 0. The first-order valence-corrected chi connectivity index (χ1v) is 10.3. The van der Waals surface area contributed by atoms with E-state index in [1.54, 1.807) is 6.92 Å². The van der Waals surface area contributed by atoms with Crippen LogP contribution in [0.3, 0.4) is 0 Å². The highest BCUT2D eigenvalue weighted by Gasteiger charge is 2.37. The van der Waals surface area contributed by atoms with Gasteiger partial charge < -0.3 is 4.79 Å². The number of benzene rings is 2. The normalized spacial score (nSPS) is 14.3. The number of hydrogen-bond donors (Lipinski definition) is 0. The minimum atomic E-state index is -0.292. The molecule has 0 fully saturated rings. The van der Waals surface area contributed by atoms with E-state index in [1.165, 1.54) is 5.56 Å². The molecule has 3 nitrogen and oxygen atoms in total. The van der Waals surface area contributed by atoms with Gasteiger partial charge in [0.2, 0.25) is 0 Å². The third kappa shape index (κ3) is 6.02. The van der Waals surface area contributed by atoms with Gasteiger partial charge in [-0.1, -0.05) is 74.5 Å². The smallest absolute Gasteiger partial charge is 0.129 e. The van der Waals surface area contributed by atoms with Crippen molar-refractivity contribution in [1.82, 2.24) is 5.06 Å². The molecule has 0 aliphatic heterocycles. The minimum absolute atomic E-state index is 0.0808. The first-order valence-electron chi connectivity index (χ1n) is 10.3. The highest BCUT2D eigenvalue weighted by atomic mass is 16.7. The minimum Gasteiger partial charge on any atom is -0.300 e. The molecule has 0 aliphatic rings. The van der Waals surface area contributed by atoms with Crippen molar-refractivity contribution in [2.75, 3.05) is 0 Å². The van der Waals surface area contributed by atoms with Crippen LogP contribution in [0.5, 0.6) is 0 Å². The zero-order valence-corrected chi connectivity index (χ0v) is 18.2. The predicted octanol–water partition coefficient (Wildman–Crippen LogP) is 6.53. The highest BCUT2D eigenvalue weighted by Crippen LogP contribution is 2.38. The molecular formula is C25H35NO2. The summed E-state index contributed by atoms with van der Waals surface area (Å²) in [6.07, 6.45) is 1.22. The lowest BCUT2D eigenvalue weighted by atomic mass is 9.89. The number of carbonyl (C=O) groups is 1. The zero-order valence-electron chi connectivity index (χ0n) is 18.2. The maximum Gasteiger partial charge on any atom is 0.129 e. The van der Waals surface area contributed by atoms with Crippen LogP contribution in [0.15, 0.2) is 60.7 Å². The zero-order chi connectivity index (χ0) is 20.7. The molecule has 0 heterocycles. The van der Waals surface area contributed by atoms with Gasteiger partial charge in [0.15, 0.2) is 0 Å². The Kier molecular flexibility index (Phi) is 7.97. The Balaban J connectivity index is 2.40. The van der Waals surface area contributed by atoms with E-state index in [1.807, 2.05) is 24.3 Å². The lowest BCUT2D eigenvalue weighted by molar-refractivity contribution is -0.277. The molecule has 0 saturated heterocycles. The monoisotopic (exact) mass is 381 g/mol. The summed E-state index contributed by atoms with van der Waals surface area (Å²) in [4.78, 5) is 18.3. The third-order valence-electron chi connectivity index (χ3n) is 5.25. The van der Waals surface area contributed by atoms with Gasteiger partial charge in [0.25, 0.3) is 0 Å². The molecule has 0 spiro atoms. The summed E-state index contributed by atoms with van der Waals surface area (Å²) in [5.74, 6) is 0.562. The van der Waals surface area contributed by atoms with Crippen molar-refractivity contribution in [2.24, 2.45) is 5.92 Å². The van der Waals surface area contributed by atoms with E-state index in [0.29, 0.717) is 12.3 Å². The number of carbonyl (C=O) groups excluding carboxylic acids is 1. The van der Waals surface area contributed by atoms with Crippen LogP contribution in [0, 0.1) is 5.92 Å². The van der Waals surface area contributed by atoms with Gasteiger partial charge in [-0.05, 0) is 51.2 Å². The second-order valence-electron chi connectivity index (χ2n) is 8.60. The largest absolute Gasteiger partial charge is 0.300 e. The summed E-state index contributed by atoms with van der Waals surface area (Å²) in [5.41, 5.74) is 2.08. The molecule has 0 N–H and O–H groups in total. The molecule has 152 valence electrons. The number of ketones is 1. The van der Waals surface area contributed by atoms with Gasteiger partial charge in [-0.25, -0.2) is 0 Å². The predicted molar refractivity (Wildman–Crippen MR) is 116 cm³/mol. The summed E-state index contributed by atoms with van der Waals surface area (Å²) in [6.45, 7) is 12.5. The molecule has 2 aromatic carbocycles. The Bertz CT molecular complexity index is 725. The van der Waals surface area contributed by atoms with Crippen LogP contribution in [0.2, 0.25) is 0 Å². The summed E-state index contributed by atoms with van der Waals surface area (Å²) < 4.78 is 0. The van der Waals surface area contributed by atoms with Gasteiger partial charge in [-0.3, -0.25) is 4.84 Å². The van der Waals surface area contributed by atoms with E-state index in [0.717, 1.165) is 12.0 Å². The first-order chi connectivity index (χ1) is 13.2. The Hall–Kier alpha value is -1.97. The fourth-order valence-electron chi connectivity index (χ4n) is 3.57. The van der Waals surface area contributed by atoms with Crippen molar-refractivity contribution in [2.45, 2.75) is 72.1 Å². The fraction of sp³-hybridized carbons (Fsp3) is 0.480. The van der Waals surface area contributed by atoms with Crippen LogP contribution >= 0.6 is 0 Å². The highest BCUT2D eigenvalue weighted by molar-refractivity contribution is 5.75. The van der Waals surface area contributed by atoms with E-state index in [9.17, 15) is 4.79 Å². The molecule has 2 unspecified atom stereocenters. The lowest BCUT2D eigenvalue weighted by Crippen LogP contribution is -2.48. The number of Topliss-reactive ketones (excluding diaryl/α,β-unsaturated/α-hetero) is 1. The SMILES string of the molecule is CC(=O)CCC(C)(C)N(OC(C)c1ccccc1)C(c1ccccc1)C(C)C. The van der Waals surface area contributed by atoms with Gasteiger partial charge in [-0.15, -0.1) is 0 Å². The summed E-state index contributed by atoms with van der Waals surface area (Å²) >= 11 is 0. The summed E-state index contributed by atoms with van der Waals surface area (Å²) in [5, 5.41) is 2.15. The van der Waals surface area contributed by atoms with Gasteiger partial charge in [0.1, 0.15) is 11.9 Å². The molecule has 2 rings (SSSR count). The fourth-order valence-corrected chi connectivity index (χ4v) is 3.57. The molecule has 2 atom stereocenters. The van der Waals surface area contributed by atoms with Gasteiger partial charge in [0, 0.05) is 12.0 Å². The van der Waals surface area contributed by atoms with E-state index < -0.39 is 0 Å². The van der Waals surface area contributed by atoms with Gasteiger partial charge >= 0.3 is 0 Å². The van der Waals surface area contributed by atoms with Crippen LogP contribution < -0.4 is 0 Å². The Morgan fingerprint density at radius 1 is 0.929 bits per heavy atom. The van der Waals surface area contributed by atoms with E-state index in [-0.39, 0.29) is 23.5 Å². The second kappa shape index (κ2) is 9.99. The Morgan fingerprint density at radius 3 is 1.89 bits per heavy atom. The standard InChI is InChI=1S/C25H35NO2/c1-19(2)24(23-15-11-8-12-16-23)26(25(5,6)18-17-20(3)27)28-21(4)22-13-9-7-10-14-22/h7-16,19,21,24H,17-18H2,1-6H3. The topological polar surface area (TPSA) is 29.5 Å². The Labute approximate surface area is 170 Å². The van der Waals surface area contributed by atoms with Gasteiger partial charge in [-0.2, -0.15) is 5.06 Å². The van der Waals surface area contributed by atoms with Crippen molar-refractivity contribution >= 4 is 5.78 Å². The van der Waals surface area contributed by atoms with Crippen molar-refractivity contribution in [1.29, 1.82) is 0 Å². The molecule has 0 amide bonds. The molecule has 0 saturated carbocycles. The Morgan fingerprint density at radius 2 is 1.43 bits per heavy atom. The molecule has 2 aromatic rings. The maximum absolute atomic E-state index is 11.7. The first kappa shape index (κ1) is 22.3. The number of nitrogens with zero attached hydrogens (tertiary/aromatic N) is 1. The second-order valence-corrected chi connectivity index (χ2v) is 8.60. The molecule has 28 heavy (non-hydrogen) atoms. The quantitative estimate of drug-likeness (QED) is 0.438. The van der Waals surface area contributed by atoms with E-state index in [4.69, 9.17) is 4.84 Å². The van der Waals surface area contributed by atoms with Crippen LogP contribution in [0.25, 0.3) is 0 Å². The van der Waals surface area contributed by atoms with E-state index in [2.05, 4.69) is 76.1 Å². The number of hydrogen-bond acceptors (Lipinski definition) is 3. The van der Waals surface area contributed by atoms with Crippen LogP contribution in [-0.4, -0.2) is 16.4 Å². The number of rotatable bonds is 10. The molecule has 0 radical (unpaired) electrons. The van der Waals surface area contributed by atoms with E-state index >= 15 is 0 Å². The average Bonchev–Trinajstić information content (AvgIpc) is 2.67. The third-order valence-corrected chi connectivity index (χ3v) is 5.25. The van der Waals surface area contributed by atoms with Crippen molar-refractivity contribution < 1.29 is 9.63 Å². The van der Waals surface area contributed by atoms with Crippen LogP contribution in [-0.2, 0) is 9.63 Å². The molecule has 0 aromatic heterocycles. The van der Waals surface area contributed by atoms with Crippen LogP contribution in [0.4, 0.5) is 0 Å². The lowest BCUT2D eigenvalue weighted by Gasteiger charge is -2.45. The average molecular weight is 382 g/mol. The molecule has 0 bridgehead atoms. The molecule has 3 heteroatoms. The number of hydroxylamine groups is 2.